The van der Waals surface area contributed by atoms with Crippen molar-refractivity contribution in [2.45, 2.75) is 0 Å². The van der Waals surface area contributed by atoms with Gasteiger partial charge in [0.1, 0.15) is 17.2 Å². The summed E-state index contributed by atoms with van der Waals surface area (Å²) in [4.78, 5) is 13.5. The molecule has 0 spiro atoms. The van der Waals surface area contributed by atoms with Gasteiger partial charge < -0.3 is 20.9 Å². The number of ketones is 1. The van der Waals surface area contributed by atoms with Crippen molar-refractivity contribution < 1.29 is 14.3 Å². The molecule has 6 aromatic carbocycles. The van der Waals surface area contributed by atoms with Crippen LogP contribution in [0, 0.1) is 0 Å². The van der Waals surface area contributed by atoms with Crippen molar-refractivity contribution in [3.05, 3.63) is 157 Å². The van der Waals surface area contributed by atoms with Crippen molar-refractivity contribution >= 4 is 17.2 Å². The maximum absolute atomic E-state index is 13.5. The van der Waals surface area contributed by atoms with Crippen molar-refractivity contribution in [3.8, 4) is 45.3 Å². The molecule has 0 aromatic heterocycles. The number of carbonyl (C=O) groups is 1. The normalized spacial score (nSPS) is 10.7. The van der Waals surface area contributed by atoms with Crippen LogP contribution < -0.4 is 20.9 Å². The van der Waals surface area contributed by atoms with Crippen LogP contribution in [0.25, 0.3) is 22.3 Å². The lowest BCUT2D eigenvalue weighted by molar-refractivity contribution is 0.103. The molecule has 6 rings (SSSR count). The van der Waals surface area contributed by atoms with Crippen molar-refractivity contribution in [2.75, 3.05) is 11.5 Å². The molecule has 0 atom stereocenters. The number of hydrogen-bond acceptors (Lipinski definition) is 5. The Morgan fingerprint density at radius 2 is 0.905 bits per heavy atom. The minimum atomic E-state index is -0.209. The molecule has 0 fully saturated rings. The first-order chi connectivity index (χ1) is 20.6. The molecule has 0 aliphatic heterocycles. The number of para-hydroxylation sites is 2. The van der Waals surface area contributed by atoms with E-state index in [0.29, 0.717) is 45.5 Å². The quantitative estimate of drug-likeness (QED) is 0.146. The molecule has 0 aliphatic carbocycles. The van der Waals surface area contributed by atoms with E-state index in [0.717, 1.165) is 22.3 Å². The number of hydrogen-bond donors (Lipinski definition) is 2. The molecule has 0 unspecified atom stereocenters. The van der Waals surface area contributed by atoms with Gasteiger partial charge in [-0.2, -0.15) is 0 Å². The van der Waals surface area contributed by atoms with Gasteiger partial charge in [0, 0.05) is 22.3 Å². The summed E-state index contributed by atoms with van der Waals surface area (Å²) in [6.45, 7) is 0. The van der Waals surface area contributed by atoms with Crippen molar-refractivity contribution in [2.24, 2.45) is 0 Å². The minimum absolute atomic E-state index is 0.209. The molecule has 0 aliphatic rings. The summed E-state index contributed by atoms with van der Waals surface area (Å²) in [5.41, 5.74) is 18.2. The molecule has 204 valence electrons. The van der Waals surface area contributed by atoms with E-state index in [4.69, 9.17) is 20.9 Å². The highest BCUT2D eigenvalue weighted by molar-refractivity contribution is 6.10. The fourth-order valence-corrected chi connectivity index (χ4v) is 4.77. The summed E-state index contributed by atoms with van der Waals surface area (Å²) < 4.78 is 12.5. The van der Waals surface area contributed by atoms with Gasteiger partial charge in [-0.3, -0.25) is 4.79 Å². The molecular weight excluding hydrogens is 520 g/mol. The van der Waals surface area contributed by atoms with Gasteiger partial charge in [-0.15, -0.1) is 0 Å². The monoisotopic (exact) mass is 548 g/mol. The van der Waals surface area contributed by atoms with Crippen LogP contribution in [0.2, 0.25) is 0 Å². The van der Waals surface area contributed by atoms with Crippen LogP contribution in [0.3, 0.4) is 0 Å². The molecule has 42 heavy (non-hydrogen) atoms. The highest BCUT2D eigenvalue weighted by Gasteiger charge is 2.16. The Hall–Kier alpha value is -5.81. The third kappa shape index (κ3) is 5.58. The number of benzene rings is 6. The van der Waals surface area contributed by atoms with Gasteiger partial charge in [0.05, 0.1) is 11.4 Å². The topological polar surface area (TPSA) is 87.6 Å². The third-order valence-corrected chi connectivity index (χ3v) is 6.93. The van der Waals surface area contributed by atoms with Crippen LogP contribution in [0.1, 0.15) is 15.9 Å². The van der Waals surface area contributed by atoms with Crippen LogP contribution in [0.15, 0.2) is 146 Å². The highest BCUT2D eigenvalue weighted by atomic mass is 16.5. The summed E-state index contributed by atoms with van der Waals surface area (Å²) in [5.74, 6) is 1.97. The molecule has 0 radical (unpaired) electrons. The number of nitrogen functional groups attached to an aromatic ring is 2. The zero-order valence-corrected chi connectivity index (χ0v) is 22.7. The average Bonchev–Trinajstić information content (AvgIpc) is 3.04. The summed E-state index contributed by atoms with van der Waals surface area (Å²) in [6.07, 6.45) is 0. The second-order valence-electron chi connectivity index (χ2n) is 9.76. The SMILES string of the molecule is Nc1cc(C(=O)c2ccc(N)c(Oc3ccccc3-c3ccccc3)c2)ccc1Oc1ccccc1-c1ccccc1. The molecular formula is C37H28N2O3. The maximum Gasteiger partial charge on any atom is 0.193 e. The number of nitrogens with two attached hydrogens (primary N) is 2. The second-order valence-corrected chi connectivity index (χ2v) is 9.76. The van der Waals surface area contributed by atoms with Gasteiger partial charge in [0.2, 0.25) is 0 Å². The van der Waals surface area contributed by atoms with Crippen LogP contribution >= 0.6 is 0 Å². The van der Waals surface area contributed by atoms with Gasteiger partial charge in [-0.05, 0) is 59.7 Å². The van der Waals surface area contributed by atoms with Gasteiger partial charge in [-0.25, -0.2) is 0 Å². The molecule has 0 saturated heterocycles. The molecule has 4 N–H and O–H groups in total. The van der Waals surface area contributed by atoms with E-state index in [1.165, 1.54) is 0 Å². The first-order valence-corrected chi connectivity index (χ1v) is 13.6. The molecule has 5 nitrogen and oxygen atoms in total. The fraction of sp³-hybridized carbons (Fsp3) is 0. The summed E-state index contributed by atoms with van der Waals surface area (Å²) in [5, 5.41) is 0. The standard InChI is InChI=1S/C37H28N2O3/c38-31-21-19-28(24-36(31)42-34-18-10-8-16-30(34)26-13-5-2-6-14-26)37(40)27-20-22-35(32(39)23-27)41-33-17-9-7-15-29(33)25-11-3-1-4-12-25/h1-24H,38-39H2. The Labute approximate surface area is 244 Å². The lowest BCUT2D eigenvalue weighted by atomic mass is 10.0. The van der Waals surface area contributed by atoms with E-state index in [-0.39, 0.29) is 5.78 Å². The van der Waals surface area contributed by atoms with Crippen LogP contribution in [-0.2, 0) is 0 Å². The Morgan fingerprint density at radius 1 is 0.429 bits per heavy atom. The van der Waals surface area contributed by atoms with Gasteiger partial charge in [0.15, 0.2) is 11.5 Å². The summed E-state index contributed by atoms with van der Waals surface area (Å²) in [6, 6.07) is 45.5. The maximum atomic E-state index is 13.5. The van der Waals surface area contributed by atoms with E-state index in [9.17, 15) is 4.79 Å². The van der Waals surface area contributed by atoms with Crippen LogP contribution in [0.4, 0.5) is 11.4 Å². The summed E-state index contributed by atoms with van der Waals surface area (Å²) in [7, 11) is 0. The van der Waals surface area contributed by atoms with Gasteiger partial charge in [0.25, 0.3) is 0 Å². The Bertz CT molecular complexity index is 1870. The molecule has 5 heteroatoms. The minimum Gasteiger partial charge on any atom is -0.455 e. The highest BCUT2D eigenvalue weighted by Crippen LogP contribution is 2.38. The Morgan fingerprint density at radius 3 is 1.48 bits per heavy atom. The number of carbonyl (C=O) groups excluding carboxylic acids is 1. The zero-order chi connectivity index (χ0) is 28.9. The van der Waals surface area contributed by atoms with Crippen molar-refractivity contribution in [1.29, 1.82) is 0 Å². The molecule has 6 aromatic rings. The number of anilines is 2. The second kappa shape index (κ2) is 11.7. The van der Waals surface area contributed by atoms with E-state index >= 15 is 0 Å². The average molecular weight is 549 g/mol. The molecule has 0 heterocycles. The molecule has 0 amide bonds. The lowest BCUT2D eigenvalue weighted by Crippen LogP contribution is -2.04. The lowest BCUT2D eigenvalue weighted by Gasteiger charge is -2.15. The van der Waals surface area contributed by atoms with Gasteiger partial charge in [-0.1, -0.05) is 97.1 Å². The summed E-state index contributed by atoms with van der Waals surface area (Å²) >= 11 is 0. The van der Waals surface area contributed by atoms with Crippen molar-refractivity contribution in [3.63, 3.8) is 0 Å². The molecule has 0 bridgehead atoms. The fourth-order valence-electron chi connectivity index (χ4n) is 4.77. The van der Waals surface area contributed by atoms with Crippen LogP contribution in [0.5, 0.6) is 23.0 Å². The van der Waals surface area contributed by atoms with E-state index < -0.39 is 0 Å². The Balaban J connectivity index is 1.25. The Kier molecular flexibility index (Phi) is 7.38. The zero-order valence-electron chi connectivity index (χ0n) is 22.7. The van der Waals surface area contributed by atoms with Crippen LogP contribution in [-0.4, -0.2) is 5.78 Å². The smallest absolute Gasteiger partial charge is 0.193 e. The third-order valence-electron chi connectivity index (χ3n) is 6.93. The predicted molar refractivity (Wildman–Crippen MR) is 169 cm³/mol. The largest absolute Gasteiger partial charge is 0.455 e. The van der Waals surface area contributed by atoms with E-state index in [1.807, 2.05) is 109 Å². The van der Waals surface area contributed by atoms with Crippen molar-refractivity contribution in [1.82, 2.24) is 0 Å². The van der Waals surface area contributed by atoms with Gasteiger partial charge >= 0.3 is 0 Å². The van der Waals surface area contributed by atoms with E-state index in [2.05, 4.69) is 0 Å². The number of rotatable bonds is 8. The van der Waals surface area contributed by atoms with E-state index in [1.54, 1.807) is 36.4 Å². The first kappa shape index (κ1) is 26.4. The number of ether oxygens (including phenoxy) is 2. The predicted octanol–water partition coefficient (Wildman–Crippen LogP) is 9.00. The molecule has 0 saturated carbocycles. The first-order valence-electron chi connectivity index (χ1n) is 13.6.